The smallest absolute Gasteiger partial charge is 0.0575 e. The Bertz CT molecular complexity index is 2030. The molecule has 6 aromatic rings. The van der Waals surface area contributed by atoms with Crippen LogP contribution in [-0.2, 0) is 26.2 Å². The highest BCUT2D eigenvalue weighted by atomic mass is 15.1. The zero-order valence-electron chi connectivity index (χ0n) is 27.7. The van der Waals surface area contributed by atoms with Crippen LogP contribution in [0.5, 0.6) is 0 Å². The van der Waals surface area contributed by atoms with Gasteiger partial charge in [0.2, 0.25) is 0 Å². The standard InChI is InChI=1S/C42H44N6/c1-27-17-34(15-16-40(27)47)38-22-39(33-11-3-7-29(18-33)23-43)42(28(2)41(38)35-12-4-8-30(19-35)24-44)48(36-13-5-9-31(20-36)25-45)37-14-6-10-32(21-37)26-46/h3-22H,23-26,43-47H2,1-2H3. The largest absolute Gasteiger partial charge is 0.399 e. The minimum absolute atomic E-state index is 0.432. The van der Waals surface area contributed by atoms with Gasteiger partial charge in [-0.25, -0.2) is 0 Å². The first-order valence-electron chi connectivity index (χ1n) is 16.4. The van der Waals surface area contributed by atoms with Crippen molar-refractivity contribution in [3.8, 4) is 33.4 Å². The first kappa shape index (κ1) is 32.7. The van der Waals surface area contributed by atoms with Crippen LogP contribution in [0, 0.1) is 13.8 Å². The number of hydrogen-bond donors (Lipinski definition) is 5. The second-order valence-corrected chi connectivity index (χ2v) is 12.3. The first-order valence-corrected chi connectivity index (χ1v) is 16.4. The fraction of sp³-hybridized carbons (Fsp3) is 0.143. The zero-order valence-corrected chi connectivity index (χ0v) is 27.7. The molecule has 0 heterocycles. The quantitative estimate of drug-likeness (QED) is 0.0967. The average molecular weight is 633 g/mol. The van der Waals surface area contributed by atoms with Crippen LogP contribution in [0.15, 0.2) is 121 Å². The van der Waals surface area contributed by atoms with E-state index in [2.05, 4.69) is 134 Å². The summed E-state index contributed by atoms with van der Waals surface area (Å²) in [7, 11) is 0. The molecule has 0 saturated heterocycles. The molecule has 6 rings (SSSR count). The van der Waals surface area contributed by atoms with Gasteiger partial charge in [0.05, 0.1) is 5.69 Å². The molecule has 0 radical (unpaired) electrons. The van der Waals surface area contributed by atoms with E-state index in [1.165, 1.54) is 0 Å². The van der Waals surface area contributed by atoms with E-state index in [0.717, 1.165) is 89.5 Å². The van der Waals surface area contributed by atoms with E-state index >= 15 is 0 Å². The third-order valence-corrected chi connectivity index (χ3v) is 9.08. The van der Waals surface area contributed by atoms with Crippen LogP contribution < -0.4 is 33.6 Å². The summed E-state index contributed by atoms with van der Waals surface area (Å²) in [6.45, 7) is 6.02. The highest BCUT2D eigenvalue weighted by Gasteiger charge is 2.26. The maximum Gasteiger partial charge on any atom is 0.0575 e. The second kappa shape index (κ2) is 14.3. The van der Waals surface area contributed by atoms with E-state index in [0.29, 0.717) is 26.2 Å². The third-order valence-electron chi connectivity index (χ3n) is 9.08. The summed E-state index contributed by atoms with van der Waals surface area (Å²) in [5.74, 6) is 0. The molecule has 0 unspecified atom stereocenters. The summed E-state index contributed by atoms with van der Waals surface area (Å²) in [4.78, 5) is 2.34. The van der Waals surface area contributed by atoms with Gasteiger partial charge in [0, 0.05) is 48.8 Å². The number of nitrogen functional groups attached to an aromatic ring is 1. The molecule has 6 heteroatoms. The summed E-state index contributed by atoms with van der Waals surface area (Å²) in [6, 6.07) is 42.5. The highest BCUT2D eigenvalue weighted by Crippen LogP contribution is 2.50. The fourth-order valence-electron chi connectivity index (χ4n) is 6.53. The molecule has 6 aromatic carbocycles. The lowest BCUT2D eigenvalue weighted by atomic mass is 9.84. The van der Waals surface area contributed by atoms with Crippen molar-refractivity contribution in [1.82, 2.24) is 0 Å². The minimum atomic E-state index is 0.432. The molecular formula is C42H44N6. The van der Waals surface area contributed by atoms with Gasteiger partial charge < -0.3 is 33.6 Å². The molecule has 0 atom stereocenters. The van der Waals surface area contributed by atoms with E-state index in [9.17, 15) is 0 Å². The van der Waals surface area contributed by atoms with Gasteiger partial charge in [0.1, 0.15) is 0 Å². The van der Waals surface area contributed by atoms with E-state index in [1.54, 1.807) is 0 Å². The topological polar surface area (TPSA) is 133 Å². The number of aryl methyl sites for hydroxylation is 1. The van der Waals surface area contributed by atoms with Gasteiger partial charge in [0.15, 0.2) is 0 Å². The summed E-state index contributed by atoms with van der Waals surface area (Å²) >= 11 is 0. The number of nitrogens with zero attached hydrogens (tertiary/aromatic N) is 1. The Kier molecular flexibility index (Phi) is 9.71. The van der Waals surface area contributed by atoms with Crippen molar-refractivity contribution in [1.29, 1.82) is 0 Å². The van der Waals surface area contributed by atoms with Crippen molar-refractivity contribution in [3.05, 3.63) is 155 Å². The molecule has 0 saturated carbocycles. The third kappa shape index (κ3) is 6.47. The second-order valence-electron chi connectivity index (χ2n) is 12.3. The van der Waals surface area contributed by atoms with E-state index < -0.39 is 0 Å². The molecule has 0 spiro atoms. The van der Waals surface area contributed by atoms with Gasteiger partial charge >= 0.3 is 0 Å². The van der Waals surface area contributed by atoms with Crippen LogP contribution in [0.3, 0.4) is 0 Å². The van der Waals surface area contributed by atoms with Crippen molar-refractivity contribution < 1.29 is 0 Å². The Hall–Kier alpha value is -5.24. The monoisotopic (exact) mass is 632 g/mol. The van der Waals surface area contributed by atoms with Gasteiger partial charge in [-0.2, -0.15) is 0 Å². The Morgan fingerprint density at radius 2 is 0.958 bits per heavy atom. The van der Waals surface area contributed by atoms with Gasteiger partial charge in [-0.15, -0.1) is 0 Å². The van der Waals surface area contributed by atoms with Gasteiger partial charge in [0.25, 0.3) is 0 Å². The van der Waals surface area contributed by atoms with Crippen LogP contribution in [0.2, 0.25) is 0 Å². The molecule has 242 valence electrons. The Balaban J connectivity index is 1.79. The molecule has 0 aliphatic carbocycles. The van der Waals surface area contributed by atoms with Crippen LogP contribution in [0.4, 0.5) is 22.7 Å². The number of rotatable bonds is 10. The average Bonchev–Trinajstić information content (AvgIpc) is 3.13. The molecule has 48 heavy (non-hydrogen) atoms. The zero-order chi connectivity index (χ0) is 33.8. The lowest BCUT2D eigenvalue weighted by molar-refractivity contribution is 1.06. The number of anilines is 4. The van der Waals surface area contributed by atoms with Crippen molar-refractivity contribution in [2.24, 2.45) is 22.9 Å². The Morgan fingerprint density at radius 3 is 1.50 bits per heavy atom. The molecule has 0 amide bonds. The minimum Gasteiger partial charge on any atom is -0.399 e. The Morgan fingerprint density at radius 1 is 0.479 bits per heavy atom. The number of hydrogen-bond acceptors (Lipinski definition) is 6. The van der Waals surface area contributed by atoms with Crippen molar-refractivity contribution >= 4 is 22.7 Å². The maximum atomic E-state index is 6.33. The lowest BCUT2D eigenvalue weighted by Gasteiger charge is -2.32. The van der Waals surface area contributed by atoms with Gasteiger partial charge in [-0.1, -0.05) is 66.7 Å². The molecular weight excluding hydrogens is 589 g/mol. The summed E-state index contributed by atoms with van der Waals surface area (Å²) in [5, 5.41) is 0. The van der Waals surface area contributed by atoms with Crippen molar-refractivity contribution in [2.75, 3.05) is 10.6 Å². The van der Waals surface area contributed by atoms with E-state index in [-0.39, 0.29) is 0 Å². The molecule has 0 aromatic heterocycles. The molecule has 0 bridgehead atoms. The molecule has 0 aliphatic heterocycles. The number of nitrogens with two attached hydrogens (primary N) is 5. The van der Waals surface area contributed by atoms with E-state index in [4.69, 9.17) is 28.7 Å². The normalized spacial score (nSPS) is 11.1. The predicted molar refractivity (Wildman–Crippen MR) is 203 cm³/mol. The highest BCUT2D eigenvalue weighted by molar-refractivity contribution is 6.00. The molecule has 0 fully saturated rings. The molecule has 10 N–H and O–H groups in total. The van der Waals surface area contributed by atoms with Crippen LogP contribution in [0.25, 0.3) is 33.4 Å². The fourth-order valence-corrected chi connectivity index (χ4v) is 6.53. The van der Waals surface area contributed by atoms with Gasteiger partial charge in [-0.3, -0.25) is 0 Å². The van der Waals surface area contributed by atoms with Crippen molar-refractivity contribution in [2.45, 2.75) is 40.0 Å². The SMILES string of the molecule is Cc1cc(-c2cc(-c3cccc(CN)c3)c(N(c3cccc(CN)c3)c3cccc(CN)c3)c(C)c2-c2cccc(CN)c2)ccc1N. The number of benzene rings is 6. The first-order chi connectivity index (χ1) is 23.3. The molecule has 0 aliphatic rings. The van der Waals surface area contributed by atoms with Crippen LogP contribution >= 0.6 is 0 Å². The van der Waals surface area contributed by atoms with Crippen LogP contribution in [0.1, 0.15) is 33.4 Å². The molecule has 6 nitrogen and oxygen atoms in total. The van der Waals surface area contributed by atoms with Crippen molar-refractivity contribution in [3.63, 3.8) is 0 Å². The van der Waals surface area contributed by atoms with Crippen LogP contribution in [-0.4, -0.2) is 0 Å². The summed E-state index contributed by atoms with van der Waals surface area (Å²) in [5.41, 5.74) is 47.8. The maximum absolute atomic E-state index is 6.33. The summed E-state index contributed by atoms with van der Waals surface area (Å²) in [6.07, 6.45) is 0. The predicted octanol–water partition coefficient (Wildman–Crippen LogP) is 8.19. The summed E-state index contributed by atoms with van der Waals surface area (Å²) < 4.78 is 0. The Labute approximate surface area is 283 Å². The van der Waals surface area contributed by atoms with Gasteiger partial charge in [-0.05, 0) is 130 Å². The van der Waals surface area contributed by atoms with E-state index in [1.807, 2.05) is 6.07 Å². The lowest BCUT2D eigenvalue weighted by Crippen LogP contribution is -2.15.